The number of carbonyl (C=O) groups excluding carboxylic acids is 1. The first-order valence-corrected chi connectivity index (χ1v) is 4.75. The lowest BCUT2D eigenvalue weighted by Crippen LogP contribution is -2.47. The van der Waals surface area contributed by atoms with Gasteiger partial charge in [-0.2, -0.15) is 5.26 Å². The zero-order valence-corrected chi connectivity index (χ0v) is 9.01. The van der Waals surface area contributed by atoms with Crippen LogP contribution in [0.25, 0.3) is 0 Å². The summed E-state index contributed by atoms with van der Waals surface area (Å²) < 4.78 is 0. The van der Waals surface area contributed by atoms with Crippen LogP contribution in [0.3, 0.4) is 0 Å². The van der Waals surface area contributed by atoms with Crippen LogP contribution < -0.4 is 5.32 Å². The first-order chi connectivity index (χ1) is 7.52. The van der Waals surface area contributed by atoms with Crippen molar-refractivity contribution in [2.24, 2.45) is 0 Å². The molecule has 1 atom stereocenters. The first-order valence-electron chi connectivity index (χ1n) is 4.75. The minimum atomic E-state index is -1.20. The van der Waals surface area contributed by atoms with E-state index in [9.17, 15) is 9.59 Å². The van der Waals surface area contributed by atoms with Gasteiger partial charge < -0.3 is 20.4 Å². The largest absolute Gasteiger partial charge is 0.480 e. The van der Waals surface area contributed by atoms with E-state index < -0.39 is 18.0 Å². The van der Waals surface area contributed by atoms with Crippen molar-refractivity contribution in [3.8, 4) is 6.07 Å². The summed E-state index contributed by atoms with van der Waals surface area (Å²) in [5, 5.41) is 27.9. The molecule has 0 bridgehead atoms. The maximum Gasteiger partial charge on any atom is 0.326 e. The molecule has 1 unspecified atom stereocenters. The number of aliphatic hydroxyl groups is 1. The Bertz CT molecular complexity index is 287. The van der Waals surface area contributed by atoms with Crippen LogP contribution in [0.4, 0.5) is 4.79 Å². The van der Waals surface area contributed by atoms with Crippen LogP contribution in [0, 0.1) is 11.3 Å². The number of nitrogens with zero attached hydrogens (tertiary/aromatic N) is 2. The Balaban J connectivity index is 4.18. The molecule has 0 spiro atoms. The summed E-state index contributed by atoms with van der Waals surface area (Å²) in [6.45, 7) is -0.0903. The fourth-order valence-electron chi connectivity index (χ4n) is 0.965. The van der Waals surface area contributed by atoms with Gasteiger partial charge in [-0.1, -0.05) is 0 Å². The van der Waals surface area contributed by atoms with E-state index in [-0.39, 0.29) is 26.0 Å². The predicted molar refractivity (Wildman–Crippen MR) is 54.5 cm³/mol. The third-order valence-electron chi connectivity index (χ3n) is 1.92. The maximum absolute atomic E-state index is 11.4. The van der Waals surface area contributed by atoms with Gasteiger partial charge in [-0.15, -0.1) is 0 Å². The molecule has 0 saturated carbocycles. The Kier molecular flexibility index (Phi) is 6.63. The van der Waals surface area contributed by atoms with Crippen LogP contribution in [-0.2, 0) is 4.79 Å². The number of carbonyl (C=O) groups is 2. The lowest BCUT2D eigenvalue weighted by atomic mass is 10.2. The summed E-state index contributed by atoms with van der Waals surface area (Å²) in [4.78, 5) is 23.3. The molecular weight excluding hydrogens is 214 g/mol. The number of carboxylic acids is 1. The number of nitrogens with one attached hydrogen (secondary N) is 1. The molecule has 7 heteroatoms. The quantitative estimate of drug-likeness (QED) is 0.561. The summed E-state index contributed by atoms with van der Waals surface area (Å²) in [6, 6.07) is 0.194. The number of urea groups is 1. The molecule has 0 aromatic carbocycles. The number of rotatable bonds is 6. The fraction of sp³-hybridized carbons (Fsp3) is 0.667. The molecule has 90 valence electrons. The van der Waals surface area contributed by atoms with Gasteiger partial charge in [0.25, 0.3) is 0 Å². The number of nitriles is 1. The molecular formula is C9H15N3O4. The molecule has 0 fully saturated rings. The van der Waals surface area contributed by atoms with Gasteiger partial charge in [0.2, 0.25) is 0 Å². The highest BCUT2D eigenvalue weighted by Gasteiger charge is 2.20. The van der Waals surface area contributed by atoms with Crippen molar-refractivity contribution >= 4 is 12.0 Å². The molecule has 0 aliphatic carbocycles. The molecule has 0 aliphatic heterocycles. The third kappa shape index (κ3) is 5.17. The molecule has 0 aliphatic rings. The van der Waals surface area contributed by atoms with E-state index in [1.807, 2.05) is 6.07 Å². The van der Waals surface area contributed by atoms with Crippen molar-refractivity contribution in [2.45, 2.75) is 18.9 Å². The fourth-order valence-corrected chi connectivity index (χ4v) is 0.965. The Hall–Kier alpha value is -1.81. The van der Waals surface area contributed by atoms with Gasteiger partial charge >= 0.3 is 12.0 Å². The second-order valence-electron chi connectivity index (χ2n) is 3.18. The Morgan fingerprint density at radius 2 is 2.19 bits per heavy atom. The zero-order valence-electron chi connectivity index (χ0n) is 9.01. The van der Waals surface area contributed by atoms with E-state index in [0.717, 1.165) is 0 Å². The smallest absolute Gasteiger partial charge is 0.326 e. The van der Waals surface area contributed by atoms with Gasteiger partial charge in [-0.25, -0.2) is 9.59 Å². The number of aliphatic hydroxyl groups excluding tert-OH is 1. The van der Waals surface area contributed by atoms with E-state index in [0.29, 0.717) is 0 Å². The van der Waals surface area contributed by atoms with Crippen LogP contribution in [0.5, 0.6) is 0 Å². The maximum atomic E-state index is 11.4. The SMILES string of the molecule is CN(CCC#N)C(=O)NC(CCO)C(=O)O. The van der Waals surface area contributed by atoms with Crippen molar-refractivity contribution in [3.05, 3.63) is 0 Å². The van der Waals surface area contributed by atoms with Crippen LogP contribution in [0.2, 0.25) is 0 Å². The van der Waals surface area contributed by atoms with Crippen molar-refractivity contribution in [3.63, 3.8) is 0 Å². The average molecular weight is 229 g/mol. The molecule has 0 radical (unpaired) electrons. The minimum Gasteiger partial charge on any atom is -0.480 e. The lowest BCUT2D eigenvalue weighted by Gasteiger charge is -2.19. The van der Waals surface area contributed by atoms with E-state index in [4.69, 9.17) is 15.5 Å². The normalized spacial score (nSPS) is 11.3. The number of carboxylic acid groups (broad SMARTS) is 1. The molecule has 0 aromatic rings. The van der Waals surface area contributed by atoms with Gasteiger partial charge in [0.05, 0.1) is 12.5 Å². The molecule has 0 saturated heterocycles. The standard InChI is InChI=1S/C9H15N3O4/c1-12(5-2-4-10)9(16)11-7(3-6-13)8(14)15/h7,13H,2-3,5-6H2,1H3,(H,11,16)(H,14,15). The summed E-state index contributed by atoms with van der Waals surface area (Å²) in [6.07, 6.45) is 0.134. The second-order valence-corrected chi connectivity index (χ2v) is 3.18. The summed E-state index contributed by atoms with van der Waals surface area (Å²) in [7, 11) is 1.46. The average Bonchev–Trinajstić information content (AvgIpc) is 2.24. The van der Waals surface area contributed by atoms with Gasteiger partial charge in [-0.05, 0) is 0 Å². The second kappa shape index (κ2) is 7.48. The van der Waals surface area contributed by atoms with Crippen molar-refractivity contribution in [2.75, 3.05) is 20.2 Å². The molecule has 3 N–H and O–H groups in total. The zero-order chi connectivity index (χ0) is 12.6. The van der Waals surface area contributed by atoms with E-state index >= 15 is 0 Å². The molecule has 7 nitrogen and oxygen atoms in total. The van der Waals surface area contributed by atoms with E-state index in [1.165, 1.54) is 11.9 Å². The lowest BCUT2D eigenvalue weighted by molar-refractivity contribution is -0.139. The summed E-state index contributed by atoms with van der Waals surface area (Å²) in [5.41, 5.74) is 0. The van der Waals surface area contributed by atoms with Crippen molar-refractivity contribution in [1.29, 1.82) is 5.26 Å². The summed E-state index contributed by atoms with van der Waals surface area (Å²) in [5.74, 6) is -1.20. The van der Waals surface area contributed by atoms with E-state index in [1.54, 1.807) is 0 Å². The highest BCUT2D eigenvalue weighted by Crippen LogP contribution is 1.95. The molecule has 16 heavy (non-hydrogen) atoms. The van der Waals surface area contributed by atoms with E-state index in [2.05, 4.69) is 5.32 Å². The van der Waals surface area contributed by atoms with Crippen LogP contribution in [0.15, 0.2) is 0 Å². The molecule has 2 amide bonds. The summed E-state index contributed by atoms with van der Waals surface area (Å²) >= 11 is 0. The number of amides is 2. The van der Waals surface area contributed by atoms with Crippen LogP contribution in [0.1, 0.15) is 12.8 Å². The van der Waals surface area contributed by atoms with Gasteiger partial charge in [-0.3, -0.25) is 0 Å². The highest BCUT2D eigenvalue weighted by atomic mass is 16.4. The molecule has 0 rings (SSSR count). The van der Waals surface area contributed by atoms with Crippen LogP contribution >= 0.6 is 0 Å². The Morgan fingerprint density at radius 1 is 1.56 bits per heavy atom. The van der Waals surface area contributed by atoms with Gasteiger partial charge in [0.15, 0.2) is 0 Å². The monoisotopic (exact) mass is 229 g/mol. The third-order valence-corrected chi connectivity index (χ3v) is 1.92. The molecule has 0 aromatic heterocycles. The van der Waals surface area contributed by atoms with Gasteiger partial charge in [0.1, 0.15) is 6.04 Å². The number of aliphatic carboxylic acids is 1. The Morgan fingerprint density at radius 3 is 2.62 bits per heavy atom. The number of hydrogen-bond acceptors (Lipinski definition) is 4. The minimum absolute atomic E-state index is 0.0484. The highest BCUT2D eigenvalue weighted by molar-refractivity contribution is 5.82. The van der Waals surface area contributed by atoms with Crippen molar-refractivity contribution < 1.29 is 19.8 Å². The van der Waals surface area contributed by atoms with Crippen LogP contribution in [-0.4, -0.2) is 53.4 Å². The Labute approximate surface area is 93.3 Å². The number of hydrogen-bond donors (Lipinski definition) is 3. The van der Waals surface area contributed by atoms with Gasteiger partial charge in [0, 0.05) is 26.6 Å². The predicted octanol–water partition coefficient (Wildman–Crippen LogP) is -0.623. The topological polar surface area (TPSA) is 114 Å². The van der Waals surface area contributed by atoms with Crippen molar-refractivity contribution in [1.82, 2.24) is 10.2 Å². The first kappa shape index (κ1) is 14.2. The molecule has 0 heterocycles.